The minimum absolute atomic E-state index is 0.0374. The lowest BCUT2D eigenvalue weighted by Crippen LogP contribution is -2.71. The number of aromatic carboxylic acids is 1. The summed E-state index contributed by atoms with van der Waals surface area (Å²) >= 11 is 3.43. The monoisotopic (exact) mass is 592 g/mol. The fourth-order valence-corrected chi connectivity index (χ4v) is 6.73. The highest BCUT2D eigenvalue weighted by Crippen LogP contribution is 2.41. The zero-order valence-corrected chi connectivity index (χ0v) is 22.0. The van der Waals surface area contributed by atoms with Crippen molar-refractivity contribution in [1.82, 2.24) is 40.5 Å². The highest BCUT2D eigenvalue weighted by molar-refractivity contribution is 8.01. The molecule has 2 aliphatic rings. The number of aromatic nitrogens is 6. The smallest absolute Gasteiger partial charge is 0.352 e. The molecule has 5 rings (SSSR count). The molecule has 39 heavy (non-hydrogen) atoms. The van der Waals surface area contributed by atoms with Gasteiger partial charge in [-0.1, -0.05) is 16.9 Å². The van der Waals surface area contributed by atoms with Crippen LogP contribution in [0.25, 0.3) is 5.65 Å². The summed E-state index contributed by atoms with van der Waals surface area (Å²) in [5.41, 5.74) is 5.62. The van der Waals surface area contributed by atoms with E-state index in [0.29, 0.717) is 5.57 Å². The molecule has 2 aliphatic heterocycles. The Morgan fingerprint density at radius 3 is 2.79 bits per heavy atom. The summed E-state index contributed by atoms with van der Waals surface area (Å²) in [5, 5.41) is 41.7. The molecule has 1 unspecified atom stereocenters. The maximum atomic E-state index is 13.0. The number of carbonyl (C=O) groups excluding carboxylic acids is 2. The number of thioether (sulfide) groups is 2. The van der Waals surface area contributed by atoms with Crippen LogP contribution in [0.2, 0.25) is 0 Å². The summed E-state index contributed by atoms with van der Waals surface area (Å²) in [4.78, 5) is 59.5. The van der Waals surface area contributed by atoms with Crippen molar-refractivity contribution >= 4 is 75.1 Å². The molecule has 0 spiro atoms. The van der Waals surface area contributed by atoms with Crippen molar-refractivity contribution in [2.24, 2.45) is 5.16 Å². The first-order valence-electron chi connectivity index (χ1n) is 10.7. The molecule has 17 nitrogen and oxygen atoms in total. The number of β-lactam (4-membered cyclic amide) rings is 1. The van der Waals surface area contributed by atoms with E-state index in [-0.39, 0.29) is 50.0 Å². The molecule has 5 N–H and O–H groups in total. The second-order valence-electron chi connectivity index (χ2n) is 7.79. The van der Waals surface area contributed by atoms with E-state index in [4.69, 9.17) is 10.6 Å². The van der Waals surface area contributed by atoms with Crippen molar-refractivity contribution in [3.05, 3.63) is 34.0 Å². The fourth-order valence-electron chi connectivity index (χ4n) is 3.81. The molecule has 2 atom stereocenters. The van der Waals surface area contributed by atoms with Gasteiger partial charge in [-0.3, -0.25) is 14.5 Å². The zero-order chi connectivity index (χ0) is 27.8. The summed E-state index contributed by atoms with van der Waals surface area (Å²) < 4.78 is 0.970. The van der Waals surface area contributed by atoms with Crippen molar-refractivity contribution in [2.75, 3.05) is 24.3 Å². The number of nitrogens with zero attached hydrogens (tertiary/aromatic N) is 8. The van der Waals surface area contributed by atoms with Crippen LogP contribution in [0.5, 0.6) is 0 Å². The molecule has 0 saturated carbocycles. The predicted molar refractivity (Wildman–Crippen MR) is 136 cm³/mol. The molecule has 1 fully saturated rings. The van der Waals surface area contributed by atoms with Crippen molar-refractivity contribution in [1.29, 1.82) is 0 Å². The number of hydrogen-bond acceptors (Lipinski definition) is 15. The van der Waals surface area contributed by atoms with Gasteiger partial charge in [-0.05, 0) is 22.1 Å². The number of carboxylic acid groups (broad SMARTS) is 2. The summed E-state index contributed by atoms with van der Waals surface area (Å²) in [5.74, 6) is -3.59. The third-order valence-corrected chi connectivity index (χ3v) is 8.48. The van der Waals surface area contributed by atoms with Gasteiger partial charge in [0.25, 0.3) is 11.8 Å². The molecule has 20 heteroatoms. The number of thiazole rings is 1. The number of rotatable bonds is 9. The average molecular weight is 593 g/mol. The largest absolute Gasteiger partial charge is 0.478 e. The van der Waals surface area contributed by atoms with Gasteiger partial charge in [0.05, 0.1) is 0 Å². The van der Waals surface area contributed by atoms with Gasteiger partial charge in [0.15, 0.2) is 10.8 Å². The number of hydrogen-bond donors (Lipinski definition) is 4. The number of aliphatic carboxylic acids is 1. The van der Waals surface area contributed by atoms with Gasteiger partial charge >= 0.3 is 11.9 Å². The number of nitrogens with one attached hydrogen (secondary N) is 1. The predicted octanol–water partition coefficient (Wildman–Crippen LogP) is -0.862. The molecule has 3 aromatic rings. The molecule has 1 saturated heterocycles. The molecular weight excluding hydrogens is 576 g/mol. The molecule has 0 bridgehead atoms. The minimum atomic E-state index is -1.32. The van der Waals surface area contributed by atoms with Crippen molar-refractivity contribution < 1.29 is 34.2 Å². The van der Waals surface area contributed by atoms with Gasteiger partial charge in [-0.25, -0.2) is 14.6 Å². The van der Waals surface area contributed by atoms with E-state index < -0.39 is 35.2 Å². The van der Waals surface area contributed by atoms with Gasteiger partial charge in [-0.2, -0.15) is 0 Å². The van der Waals surface area contributed by atoms with E-state index in [1.165, 1.54) is 30.3 Å². The zero-order valence-electron chi connectivity index (χ0n) is 19.5. The number of anilines is 1. The summed E-state index contributed by atoms with van der Waals surface area (Å²) in [6.45, 7) is 0. The van der Waals surface area contributed by atoms with Crippen LogP contribution in [-0.2, 0) is 19.2 Å². The lowest BCUT2D eigenvalue weighted by molar-refractivity contribution is -0.150. The Morgan fingerprint density at radius 2 is 2.13 bits per heavy atom. The van der Waals surface area contributed by atoms with E-state index >= 15 is 0 Å². The Balaban J connectivity index is 1.33. The number of nitrogens with two attached hydrogens (primary N) is 1. The molecule has 2 amide bonds. The number of carbonyl (C=O) groups is 4. The Morgan fingerprint density at radius 1 is 1.33 bits per heavy atom. The van der Waals surface area contributed by atoms with Crippen molar-refractivity contribution in [3.63, 3.8) is 0 Å². The summed E-state index contributed by atoms with van der Waals surface area (Å²) in [7, 11) is 1.25. The maximum Gasteiger partial charge on any atom is 0.352 e. The Bertz CT molecular complexity index is 1580. The molecule has 3 aromatic heterocycles. The van der Waals surface area contributed by atoms with E-state index in [1.54, 1.807) is 0 Å². The molecule has 202 valence electrons. The highest BCUT2D eigenvalue weighted by Gasteiger charge is 2.54. The third-order valence-electron chi connectivity index (χ3n) is 5.48. The molecule has 0 aliphatic carbocycles. The quantitative estimate of drug-likeness (QED) is 0.102. The third kappa shape index (κ3) is 4.83. The molecule has 0 aromatic carbocycles. The van der Waals surface area contributed by atoms with Crippen LogP contribution in [0.3, 0.4) is 0 Å². The standard InChI is InChI=1S/C19H16N10O7S3/c1-36-25-10(8-5-39-19(20)21-8)14(30)22-11-15(31)28-12(18(34)35)6(4-38-16(11)28)3-37-9-2-7(17(32)33)13-23-26-27-29(13)24-9/h2,5,11,16H,3-4H2,1H3,(H2,20,21)(H,22,30)(H,32,33)(H,34,35)/t11?,16-/m1/s1. The first kappa shape index (κ1) is 26.3. The van der Waals surface area contributed by atoms with E-state index in [2.05, 4.69) is 36.1 Å². The number of fused-ring (bicyclic) bond motifs is 2. The van der Waals surface area contributed by atoms with Gasteiger partial charge in [-0.15, -0.1) is 37.9 Å². The van der Waals surface area contributed by atoms with Crippen LogP contribution in [0.4, 0.5) is 5.13 Å². The number of amides is 2. The summed E-state index contributed by atoms with van der Waals surface area (Å²) in [6.07, 6.45) is 0. The fraction of sp³-hybridized carbons (Fsp3) is 0.263. The Labute approximate surface area is 229 Å². The number of oxime groups is 1. The Hall–Kier alpha value is -4.30. The topological polar surface area (TPSA) is 240 Å². The number of carboxylic acids is 2. The van der Waals surface area contributed by atoms with E-state index in [9.17, 15) is 29.4 Å². The number of nitrogen functional groups attached to an aromatic ring is 1. The van der Waals surface area contributed by atoms with Gasteiger partial charge < -0.3 is 26.1 Å². The normalized spacial score (nSPS) is 19.1. The Kier molecular flexibility index (Phi) is 7.06. The second kappa shape index (κ2) is 10.5. The van der Waals surface area contributed by atoms with Crippen molar-refractivity contribution in [2.45, 2.75) is 16.4 Å². The van der Waals surface area contributed by atoms with Crippen LogP contribution in [0.15, 0.2) is 32.9 Å². The molecular formula is C19H16N10O7S3. The second-order valence-corrected chi connectivity index (χ2v) is 10.8. The highest BCUT2D eigenvalue weighted by atomic mass is 32.2. The number of tetrazole rings is 1. The van der Waals surface area contributed by atoms with Crippen LogP contribution in [0, 0.1) is 0 Å². The first-order chi connectivity index (χ1) is 18.7. The first-order valence-corrected chi connectivity index (χ1v) is 13.6. The lowest BCUT2D eigenvalue weighted by Gasteiger charge is -2.49. The van der Waals surface area contributed by atoms with Crippen LogP contribution < -0.4 is 11.1 Å². The summed E-state index contributed by atoms with van der Waals surface area (Å²) in [6, 6.07) is 0.277. The van der Waals surface area contributed by atoms with Crippen molar-refractivity contribution in [3.8, 4) is 0 Å². The lowest BCUT2D eigenvalue weighted by atomic mass is 10.0. The SMILES string of the molecule is CON=C(C(=O)NC1C(=O)N2C(C(=O)O)=C(CSc3cc(C(=O)O)c4nnnn4n3)CS[C@H]12)c1csc(N)n1. The van der Waals surface area contributed by atoms with Gasteiger partial charge in [0.1, 0.15) is 40.5 Å². The van der Waals surface area contributed by atoms with E-state index in [0.717, 1.165) is 32.6 Å². The van der Waals surface area contributed by atoms with E-state index in [1.807, 2.05) is 0 Å². The average Bonchev–Trinajstić information content (AvgIpc) is 3.56. The van der Waals surface area contributed by atoms with Crippen LogP contribution in [-0.4, -0.2) is 105 Å². The van der Waals surface area contributed by atoms with Crippen LogP contribution >= 0.6 is 34.9 Å². The van der Waals surface area contributed by atoms with Gasteiger partial charge in [0, 0.05) is 16.9 Å². The maximum absolute atomic E-state index is 13.0. The van der Waals surface area contributed by atoms with Crippen LogP contribution in [0.1, 0.15) is 16.1 Å². The minimum Gasteiger partial charge on any atom is -0.478 e. The van der Waals surface area contributed by atoms with Gasteiger partial charge in [0.2, 0.25) is 5.65 Å². The molecule has 5 heterocycles. The molecule has 0 radical (unpaired) electrons.